The molecule has 2 aromatic rings. The Kier molecular flexibility index (Phi) is 7.30. The maximum atomic E-state index is 13.2. The fourth-order valence-corrected chi connectivity index (χ4v) is 5.32. The van der Waals surface area contributed by atoms with Crippen molar-refractivity contribution < 1.29 is 31.1 Å². The first-order chi connectivity index (χ1) is 15.3. The molecule has 0 saturated carbocycles. The van der Waals surface area contributed by atoms with Gasteiger partial charge in [-0.3, -0.25) is 4.79 Å². The van der Waals surface area contributed by atoms with E-state index in [1.54, 1.807) is 29.2 Å². The number of alkyl halides is 3. The van der Waals surface area contributed by atoms with Crippen molar-refractivity contribution in [2.75, 3.05) is 13.1 Å². The molecule has 2 aromatic carbocycles. The first-order valence-corrected chi connectivity index (χ1v) is 12.1. The minimum Gasteiger partial charge on any atom is -0.406 e. The normalized spacial score (nSPS) is 19.2. The van der Waals surface area contributed by atoms with Crippen LogP contribution in [0.1, 0.15) is 32.3 Å². The number of likely N-dealkylation sites (tertiary alicyclic amines) is 1. The summed E-state index contributed by atoms with van der Waals surface area (Å²) in [7, 11) is -4.15. The first-order valence-electron chi connectivity index (χ1n) is 10.2. The molecule has 0 aromatic heterocycles. The van der Waals surface area contributed by atoms with E-state index in [1.165, 1.54) is 0 Å². The van der Waals surface area contributed by atoms with Crippen molar-refractivity contribution in [2.24, 2.45) is 5.92 Å². The molecule has 1 atom stereocenters. The summed E-state index contributed by atoms with van der Waals surface area (Å²) in [6, 6.07) is 10.6. The molecule has 1 amide bonds. The lowest BCUT2D eigenvalue weighted by atomic mass is 9.90. The van der Waals surface area contributed by atoms with Crippen LogP contribution < -0.4 is 9.46 Å². The Balaban J connectivity index is 1.90. The van der Waals surface area contributed by atoms with Gasteiger partial charge in [0.25, 0.3) is 0 Å². The molecule has 1 N–H and O–H groups in total. The topological polar surface area (TPSA) is 75.7 Å². The van der Waals surface area contributed by atoms with Gasteiger partial charge in [-0.05, 0) is 54.3 Å². The minimum absolute atomic E-state index is 0.0753. The maximum absolute atomic E-state index is 13.2. The minimum atomic E-state index is -4.88. The Morgan fingerprint density at radius 3 is 2.30 bits per heavy atom. The van der Waals surface area contributed by atoms with Gasteiger partial charge in [-0.15, -0.1) is 13.2 Å². The van der Waals surface area contributed by atoms with Gasteiger partial charge in [0.05, 0.1) is 10.4 Å². The number of sulfonamides is 1. The third kappa shape index (κ3) is 6.39. The van der Waals surface area contributed by atoms with Gasteiger partial charge in [0.15, 0.2) is 0 Å². The molecule has 1 heterocycles. The number of benzene rings is 2. The summed E-state index contributed by atoms with van der Waals surface area (Å²) in [6.07, 6.45) is -4.22. The van der Waals surface area contributed by atoms with E-state index < -0.39 is 27.7 Å². The number of rotatable bonds is 7. The molecule has 11 heteroatoms. The Hall–Kier alpha value is -2.30. The van der Waals surface area contributed by atoms with E-state index >= 15 is 0 Å². The summed E-state index contributed by atoms with van der Waals surface area (Å²) in [5.74, 6) is -0.453. The summed E-state index contributed by atoms with van der Waals surface area (Å²) < 4.78 is 70.1. The predicted octanol–water partition coefficient (Wildman–Crippen LogP) is 4.69. The average molecular weight is 505 g/mol. The highest BCUT2D eigenvalue weighted by Gasteiger charge is 2.44. The van der Waals surface area contributed by atoms with Gasteiger partial charge in [0, 0.05) is 24.5 Å². The third-order valence-electron chi connectivity index (χ3n) is 5.30. The molecule has 33 heavy (non-hydrogen) atoms. The Morgan fingerprint density at radius 2 is 1.76 bits per heavy atom. The molecule has 0 radical (unpaired) electrons. The number of amides is 1. The molecule has 180 valence electrons. The average Bonchev–Trinajstić information content (AvgIpc) is 3.12. The number of ether oxygens (including phenoxy) is 1. The second-order valence-corrected chi connectivity index (χ2v) is 10.5. The molecule has 0 spiro atoms. The lowest BCUT2D eigenvalue weighted by Gasteiger charge is -2.31. The van der Waals surface area contributed by atoms with Crippen LogP contribution in [-0.2, 0) is 20.4 Å². The van der Waals surface area contributed by atoms with Crippen molar-refractivity contribution in [3.8, 4) is 5.75 Å². The largest absolute Gasteiger partial charge is 0.573 e. The van der Waals surface area contributed by atoms with Gasteiger partial charge in [-0.25, -0.2) is 8.42 Å². The molecular weight excluding hydrogens is 481 g/mol. The number of hydrogen-bond donors (Lipinski definition) is 1. The van der Waals surface area contributed by atoms with Crippen molar-refractivity contribution >= 4 is 27.5 Å². The summed E-state index contributed by atoms with van der Waals surface area (Å²) in [6.45, 7) is 4.33. The lowest BCUT2D eigenvalue weighted by molar-refractivity contribution is -0.274. The number of nitrogens with zero attached hydrogens (tertiary/aromatic N) is 1. The summed E-state index contributed by atoms with van der Waals surface area (Å²) >= 11 is 5.99. The van der Waals surface area contributed by atoms with E-state index in [1.807, 2.05) is 13.8 Å². The van der Waals surface area contributed by atoms with Crippen LogP contribution in [0.5, 0.6) is 5.75 Å². The molecule has 1 saturated heterocycles. The van der Waals surface area contributed by atoms with Crippen LogP contribution in [-0.4, -0.2) is 38.7 Å². The number of carbonyl (C=O) groups excluding carboxylic acids is 1. The van der Waals surface area contributed by atoms with E-state index in [0.717, 1.165) is 24.3 Å². The lowest BCUT2D eigenvalue weighted by Crippen LogP contribution is -2.48. The van der Waals surface area contributed by atoms with Crippen molar-refractivity contribution in [3.63, 3.8) is 0 Å². The molecule has 1 aliphatic rings. The number of halogens is 4. The van der Waals surface area contributed by atoms with Crippen molar-refractivity contribution in [1.82, 2.24) is 9.62 Å². The van der Waals surface area contributed by atoms with E-state index in [0.29, 0.717) is 30.0 Å². The first kappa shape index (κ1) is 25.3. The molecule has 0 unspecified atom stereocenters. The Morgan fingerprint density at radius 1 is 1.15 bits per heavy atom. The zero-order chi connectivity index (χ0) is 24.4. The van der Waals surface area contributed by atoms with E-state index in [9.17, 15) is 26.4 Å². The van der Waals surface area contributed by atoms with Crippen molar-refractivity contribution in [1.29, 1.82) is 0 Å². The molecule has 0 bridgehead atoms. The van der Waals surface area contributed by atoms with Crippen molar-refractivity contribution in [3.05, 3.63) is 59.1 Å². The molecular formula is C22H24ClF3N2O4S. The van der Waals surface area contributed by atoms with Gasteiger partial charge in [0.2, 0.25) is 15.9 Å². The van der Waals surface area contributed by atoms with Crippen molar-refractivity contribution in [2.45, 2.75) is 43.5 Å². The maximum Gasteiger partial charge on any atom is 0.573 e. The van der Waals surface area contributed by atoms with E-state index in [4.69, 9.17) is 11.6 Å². The fourth-order valence-electron chi connectivity index (χ4n) is 3.78. The monoisotopic (exact) mass is 504 g/mol. The number of nitrogens with one attached hydrogen (secondary N) is 1. The van der Waals surface area contributed by atoms with Crippen LogP contribution in [0.25, 0.3) is 0 Å². The molecule has 0 aliphatic carbocycles. The van der Waals surface area contributed by atoms with Gasteiger partial charge in [-0.2, -0.15) is 4.72 Å². The zero-order valence-electron chi connectivity index (χ0n) is 18.0. The fraction of sp³-hybridized carbons (Fsp3) is 0.409. The third-order valence-corrected chi connectivity index (χ3v) is 7.10. The Bertz CT molecular complexity index is 1090. The molecule has 1 fully saturated rings. The number of carbonyl (C=O) groups is 1. The van der Waals surface area contributed by atoms with Crippen LogP contribution in [0.15, 0.2) is 53.4 Å². The molecule has 1 aliphatic heterocycles. The zero-order valence-corrected chi connectivity index (χ0v) is 19.6. The highest BCUT2D eigenvalue weighted by atomic mass is 35.5. The van der Waals surface area contributed by atoms with Crippen LogP contribution in [0.3, 0.4) is 0 Å². The summed E-state index contributed by atoms with van der Waals surface area (Å²) in [4.78, 5) is 14.0. The predicted molar refractivity (Wildman–Crippen MR) is 117 cm³/mol. The number of hydrogen-bond acceptors (Lipinski definition) is 4. The van der Waals surface area contributed by atoms with Gasteiger partial charge < -0.3 is 9.64 Å². The highest BCUT2D eigenvalue weighted by molar-refractivity contribution is 7.89. The quantitative estimate of drug-likeness (QED) is 0.593. The van der Waals surface area contributed by atoms with E-state index in [2.05, 4.69) is 9.46 Å². The van der Waals surface area contributed by atoms with Gasteiger partial charge in [-0.1, -0.05) is 37.6 Å². The van der Waals surface area contributed by atoms with Crippen LogP contribution >= 0.6 is 11.6 Å². The summed E-state index contributed by atoms with van der Waals surface area (Å²) in [5.41, 5.74) is -0.482. The van der Waals surface area contributed by atoms with Gasteiger partial charge in [0.1, 0.15) is 5.75 Å². The standard InChI is InChI=1S/C22H24ClF3N2O4S/c1-15(2)13-20(29)28-12-11-21(14-28,16-3-5-17(23)6-4-16)27-33(30,31)19-9-7-18(8-10-19)32-22(24,25)26/h3-10,15,27H,11-14H2,1-2H3/t21-/m1/s1. The molecule has 6 nitrogen and oxygen atoms in total. The summed E-state index contributed by atoms with van der Waals surface area (Å²) in [5, 5.41) is 0.475. The highest BCUT2D eigenvalue weighted by Crippen LogP contribution is 2.35. The smallest absolute Gasteiger partial charge is 0.406 e. The second-order valence-electron chi connectivity index (χ2n) is 8.38. The van der Waals surface area contributed by atoms with Crippen LogP contribution in [0, 0.1) is 5.92 Å². The SMILES string of the molecule is CC(C)CC(=O)N1CC[C@](NS(=O)(=O)c2ccc(OC(F)(F)F)cc2)(c2ccc(Cl)cc2)C1. The van der Waals surface area contributed by atoms with Gasteiger partial charge >= 0.3 is 6.36 Å². The second kappa shape index (κ2) is 9.52. The van der Waals surface area contributed by atoms with Crippen LogP contribution in [0.2, 0.25) is 5.02 Å². The molecule has 3 rings (SSSR count). The van der Waals surface area contributed by atoms with Crippen LogP contribution in [0.4, 0.5) is 13.2 Å². The Labute approximate surface area is 195 Å². The van der Waals surface area contributed by atoms with E-state index in [-0.39, 0.29) is 23.3 Å².